The minimum Gasteiger partial charge on any atom is -0.344 e. The van der Waals surface area contributed by atoms with Gasteiger partial charge in [-0.3, -0.25) is 0 Å². The molecule has 0 amide bonds. The Balaban J connectivity index is 2.33. The van der Waals surface area contributed by atoms with Gasteiger partial charge in [-0.1, -0.05) is 26.8 Å². The number of hydrogen-bond acceptors (Lipinski definition) is 0. The van der Waals surface area contributed by atoms with E-state index in [-0.39, 0.29) is 17.8 Å². The maximum atomic E-state index is 13.9. The van der Waals surface area contributed by atoms with E-state index in [1.807, 2.05) is 37.6 Å². The van der Waals surface area contributed by atoms with E-state index in [1.54, 1.807) is 12.1 Å². The Hall–Kier alpha value is -1.38. The van der Waals surface area contributed by atoms with Crippen LogP contribution in [0.1, 0.15) is 39.7 Å². The summed E-state index contributed by atoms with van der Waals surface area (Å²) in [6.07, 6.45) is 2.37. The van der Waals surface area contributed by atoms with Gasteiger partial charge in [-0.25, -0.2) is 8.78 Å². The quantitative estimate of drug-likeness (QED) is 0.707. The van der Waals surface area contributed by atoms with Crippen molar-refractivity contribution in [1.82, 2.24) is 4.57 Å². The molecule has 0 aliphatic heterocycles. The summed E-state index contributed by atoms with van der Waals surface area (Å²) in [6, 6.07) is 6.91. The zero-order valence-corrected chi connectivity index (χ0v) is 11.7. The molecule has 0 aliphatic rings. The first-order valence-electron chi connectivity index (χ1n) is 6.93. The number of rotatable bonds is 5. The van der Waals surface area contributed by atoms with E-state index in [2.05, 4.69) is 0 Å². The van der Waals surface area contributed by atoms with E-state index in [9.17, 15) is 8.78 Å². The van der Waals surface area contributed by atoms with Crippen molar-refractivity contribution in [2.75, 3.05) is 0 Å². The topological polar surface area (TPSA) is 4.93 Å². The van der Waals surface area contributed by atoms with Gasteiger partial charge >= 0.3 is 0 Å². The highest BCUT2D eigenvalue weighted by Crippen LogP contribution is 2.29. The average Bonchev–Trinajstić information content (AvgIpc) is 2.80. The molecular formula is C16H21F2N. The largest absolute Gasteiger partial charge is 0.344 e. The van der Waals surface area contributed by atoms with Crippen molar-refractivity contribution in [3.63, 3.8) is 0 Å². The SMILES string of the molecule is CC[C@H](C[C@H](F)C(C)C)n1ccc2c(F)cccc21. The molecule has 0 spiro atoms. The van der Waals surface area contributed by atoms with Gasteiger partial charge in [0, 0.05) is 17.6 Å². The fourth-order valence-electron chi connectivity index (χ4n) is 2.48. The zero-order valence-electron chi connectivity index (χ0n) is 11.7. The van der Waals surface area contributed by atoms with Gasteiger partial charge in [0.25, 0.3) is 0 Å². The lowest BCUT2D eigenvalue weighted by Gasteiger charge is -2.22. The van der Waals surface area contributed by atoms with Crippen LogP contribution in [0.2, 0.25) is 0 Å². The number of nitrogens with zero attached hydrogens (tertiary/aromatic N) is 1. The second kappa shape index (κ2) is 5.72. The summed E-state index contributed by atoms with van der Waals surface area (Å²) >= 11 is 0. The van der Waals surface area contributed by atoms with E-state index >= 15 is 0 Å². The van der Waals surface area contributed by atoms with Crippen molar-refractivity contribution >= 4 is 10.9 Å². The van der Waals surface area contributed by atoms with Crippen LogP contribution >= 0.6 is 0 Å². The fraction of sp³-hybridized carbons (Fsp3) is 0.500. The first-order valence-corrected chi connectivity index (χ1v) is 6.93. The van der Waals surface area contributed by atoms with Gasteiger partial charge in [0.15, 0.2) is 0 Å². The van der Waals surface area contributed by atoms with Crippen LogP contribution in [-0.2, 0) is 0 Å². The van der Waals surface area contributed by atoms with Crippen LogP contribution in [0.4, 0.5) is 8.78 Å². The molecule has 1 aromatic carbocycles. The molecule has 1 aromatic heterocycles. The predicted molar refractivity (Wildman–Crippen MR) is 75.6 cm³/mol. The van der Waals surface area contributed by atoms with Gasteiger partial charge < -0.3 is 4.57 Å². The highest BCUT2D eigenvalue weighted by Gasteiger charge is 2.20. The smallest absolute Gasteiger partial charge is 0.132 e. The average molecular weight is 265 g/mol. The van der Waals surface area contributed by atoms with Crippen LogP contribution < -0.4 is 0 Å². The van der Waals surface area contributed by atoms with E-state index < -0.39 is 6.17 Å². The summed E-state index contributed by atoms with van der Waals surface area (Å²) < 4.78 is 29.6. The zero-order chi connectivity index (χ0) is 14.0. The van der Waals surface area contributed by atoms with Crippen molar-refractivity contribution in [2.24, 2.45) is 5.92 Å². The molecule has 1 heterocycles. The van der Waals surface area contributed by atoms with Crippen molar-refractivity contribution in [3.05, 3.63) is 36.3 Å². The molecule has 0 saturated heterocycles. The second-order valence-corrected chi connectivity index (χ2v) is 5.45. The molecule has 104 valence electrons. The van der Waals surface area contributed by atoms with Crippen LogP contribution in [0.15, 0.2) is 30.5 Å². The highest BCUT2D eigenvalue weighted by atomic mass is 19.1. The van der Waals surface area contributed by atoms with Gasteiger partial charge in [-0.15, -0.1) is 0 Å². The molecule has 0 aliphatic carbocycles. The first kappa shape index (κ1) is 14.0. The molecule has 1 nitrogen and oxygen atoms in total. The Morgan fingerprint density at radius 1 is 1.21 bits per heavy atom. The third kappa shape index (κ3) is 2.80. The third-order valence-corrected chi connectivity index (χ3v) is 3.80. The van der Waals surface area contributed by atoms with Crippen LogP contribution in [0.3, 0.4) is 0 Å². The summed E-state index contributed by atoms with van der Waals surface area (Å²) in [5, 5.41) is 0.612. The van der Waals surface area contributed by atoms with Crippen molar-refractivity contribution in [3.8, 4) is 0 Å². The highest BCUT2D eigenvalue weighted by molar-refractivity contribution is 5.80. The standard InChI is InChI=1S/C16H21F2N/c1-4-12(10-15(18)11(2)3)19-9-8-13-14(17)6-5-7-16(13)19/h5-9,11-12,15H,4,10H2,1-3H3/t12-,15+/m1/s1. The molecule has 0 N–H and O–H groups in total. The minimum atomic E-state index is -0.823. The van der Waals surface area contributed by atoms with Gasteiger partial charge in [-0.05, 0) is 37.0 Å². The molecule has 0 bridgehead atoms. The predicted octanol–water partition coefficient (Wildman–Crippen LogP) is 5.12. The Labute approximate surface area is 113 Å². The van der Waals surface area contributed by atoms with E-state index in [0.29, 0.717) is 11.8 Å². The minimum absolute atomic E-state index is 0.0209. The van der Waals surface area contributed by atoms with Gasteiger partial charge in [0.05, 0.1) is 5.52 Å². The molecular weight excluding hydrogens is 244 g/mol. The molecule has 0 saturated carbocycles. The summed E-state index contributed by atoms with van der Waals surface area (Å²) in [5.74, 6) is -0.195. The Morgan fingerprint density at radius 3 is 2.58 bits per heavy atom. The van der Waals surface area contributed by atoms with Crippen molar-refractivity contribution in [1.29, 1.82) is 0 Å². The van der Waals surface area contributed by atoms with E-state index in [4.69, 9.17) is 0 Å². The fourth-order valence-corrected chi connectivity index (χ4v) is 2.48. The van der Waals surface area contributed by atoms with Gasteiger partial charge in [0.1, 0.15) is 12.0 Å². The van der Waals surface area contributed by atoms with Crippen LogP contribution in [0.5, 0.6) is 0 Å². The van der Waals surface area contributed by atoms with Crippen LogP contribution in [-0.4, -0.2) is 10.7 Å². The molecule has 2 aromatic rings. The lowest BCUT2D eigenvalue weighted by molar-refractivity contribution is 0.207. The molecule has 0 fully saturated rings. The lowest BCUT2D eigenvalue weighted by atomic mass is 9.99. The molecule has 19 heavy (non-hydrogen) atoms. The van der Waals surface area contributed by atoms with Gasteiger partial charge in [-0.2, -0.15) is 0 Å². The third-order valence-electron chi connectivity index (χ3n) is 3.80. The number of alkyl halides is 1. The Bertz CT molecular complexity index is 545. The monoisotopic (exact) mass is 265 g/mol. The number of benzene rings is 1. The molecule has 2 rings (SSSR count). The number of halogens is 2. The van der Waals surface area contributed by atoms with E-state index in [1.165, 1.54) is 6.07 Å². The van der Waals surface area contributed by atoms with Crippen LogP contribution in [0, 0.1) is 11.7 Å². The summed E-state index contributed by atoms with van der Waals surface area (Å²) in [6.45, 7) is 5.83. The summed E-state index contributed by atoms with van der Waals surface area (Å²) in [4.78, 5) is 0. The molecule has 0 unspecified atom stereocenters. The lowest BCUT2D eigenvalue weighted by Crippen LogP contribution is -2.17. The summed E-state index contributed by atoms with van der Waals surface area (Å²) in [5.41, 5.74) is 0.850. The summed E-state index contributed by atoms with van der Waals surface area (Å²) in [7, 11) is 0. The first-order chi connectivity index (χ1) is 9.04. The van der Waals surface area contributed by atoms with E-state index in [0.717, 1.165) is 11.9 Å². The normalized spacial score (nSPS) is 15.1. The number of hydrogen-bond donors (Lipinski definition) is 0. The van der Waals surface area contributed by atoms with Gasteiger partial charge in [0.2, 0.25) is 0 Å². The van der Waals surface area contributed by atoms with Crippen molar-refractivity contribution < 1.29 is 8.78 Å². The maximum Gasteiger partial charge on any atom is 0.132 e. The van der Waals surface area contributed by atoms with Crippen molar-refractivity contribution in [2.45, 2.75) is 45.8 Å². The molecule has 0 radical (unpaired) electrons. The number of fused-ring (bicyclic) bond motifs is 1. The molecule has 2 atom stereocenters. The maximum absolute atomic E-state index is 13.9. The Morgan fingerprint density at radius 2 is 1.95 bits per heavy atom. The number of aromatic nitrogens is 1. The van der Waals surface area contributed by atoms with Crippen LogP contribution in [0.25, 0.3) is 10.9 Å². The molecule has 3 heteroatoms. The second-order valence-electron chi connectivity index (χ2n) is 5.45. The Kier molecular flexibility index (Phi) is 4.23.